The lowest BCUT2D eigenvalue weighted by atomic mass is 9.92. The van der Waals surface area contributed by atoms with Crippen LogP contribution in [0.5, 0.6) is 5.75 Å². The van der Waals surface area contributed by atoms with E-state index in [9.17, 15) is 5.11 Å². The molecule has 3 aromatic rings. The largest absolute Gasteiger partial charge is 0.508 e. The molecule has 1 heterocycles. The molecule has 2 aromatic carbocycles. The number of aryl methyl sites for hydroxylation is 1. The Hall–Kier alpha value is -2.68. The monoisotopic (exact) mass is 318 g/mol. The van der Waals surface area contributed by atoms with E-state index in [-0.39, 0.29) is 0 Å². The third-order valence-corrected chi connectivity index (χ3v) is 4.40. The Labute approximate surface area is 143 Å². The number of nitrogens with zero attached hydrogens (tertiary/aromatic N) is 2. The Morgan fingerprint density at radius 2 is 1.83 bits per heavy atom. The van der Waals surface area contributed by atoms with Gasteiger partial charge >= 0.3 is 0 Å². The topological polar surface area (TPSA) is 46.0 Å². The summed E-state index contributed by atoms with van der Waals surface area (Å²) in [4.78, 5) is 9.15. The van der Waals surface area contributed by atoms with Gasteiger partial charge in [-0.2, -0.15) is 0 Å². The first kappa shape index (κ1) is 16.2. The number of phenolic OH excluding ortho intramolecular Hbond substituents is 1. The zero-order valence-electron chi connectivity index (χ0n) is 14.1. The Bertz CT molecular complexity index is 815. The minimum absolute atomic E-state index is 0.304. The quantitative estimate of drug-likeness (QED) is 0.728. The van der Waals surface area contributed by atoms with Crippen LogP contribution in [0, 0.1) is 6.92 Å². The van der Waals surface area contributed by atoms with Crippen molar-refractivity contribution in [2.75, 3.05) is 0 Å². The Morgan fingerprint density at radius 1 is 1.04 bits per heavy atom. The van der Waals surface area contributed by atoms with Crippen molar-refractivity contribution < 1.29 is 5.11 Å². The first-order valence-corrected chi connectivity index (χ1v) is 8.33. The summed E-state index contributed by atoms with van der Waals surface area (Å²) in [5, 5.41) is 9.69. The van der Waals surface area contributed by atoms with E-state index in [1.165, 1.54) is 5.56 Å². The molecule has 1 aromatic heterocycles. The maximum atomic E-state index is 9.69. The zero-order chi connectivity index (χ0) is 16.9. The number of hydrogen-bond donors (Lipinski definition) is 1. The van der Waals surface area contributed by atoms with Gasteiger partial charge < -0.3 is 5.11 Å². The van der Waals surface area contributed by atoms with Crippen LogP contribution in [-0.4, -0.2) is 15.1 Å². The summed E-state index contributed by atoms with van der Waals surface area (Å²) in [5.74, 6) is 0.746. The molecular formula is C21H22N2O. The molecule has 0 radical (unpaired) electrons. The van der Waals surface area contributed by atoms with Crippen LogP contribution in [0.15, 0.2) is 60.9 Å². The fraction of sp³-hybridized carbons (Fsp3) is 0.238. The molecule has 0 aliphatic heterocycles. The Morgan fingerprint density at radius 3 is 2.54 bits per heavy atom. The lowest BCUT2D eigenvalue weighted by molar-refractivity contribution is 0.471. The second kappa shape index (κ2) is 7.26. The number of phenols is 1. The molecule has 0 aliphatic rings. The third kappa shape index (κ3) is 3.62. The fourth-order valence-electron chi connectivity index (χ4n) is 2.93. The van der Waals surface area contributed by atoms with Crippen molar-refractivity contribution in [1.29, 1.82) is 0 Å². The van der Waals surface area contributed by atoms with Crippen molar-refractivity contribution in [3.8, 4) is 17.0 Å². The first-order valence-electron chi connectivity index (χ1n) is 8.33. The summed E-state index contributed by atoms with van der Waals surface area (Å²) in [6.07, 6.45) is 5.56. The Kier molecular flexibility index (Phi) is 4.90. The predicted molar refractivity (Wildman–Crippen MR) is 97.0 cm³/mol. The van der Waals surface area contributed by atoms with Gasteiger partial charge in [0.1, 0.15) is 5.75 Å². The van der Waals surface area contributed by atoms with Gasteiger partial charge in [-0.3, -0.25) is 4.98 Å². The van der Waals surface area contributed by atoms with Gasteiger partial charge in [0.25, 0.3) is 0 Å². The maximum absolute atomic E-state index is 9.69. The van der Waals surface area contributed by atoms with Crippen LogP contribution in [0.2, 0.25) is 0 Å². The van der Waals surface area contributed by atoms with Crippen LogP contribution in [0.25, 0.3) is 11.3 Å². The Balaban J connectivity index is 1.86. The van der Waals surface area contributed by atoms with Crippen molar-refractivity contribution in [3.05, 3.63) is 77.7 Å². The van der Waals surface area contributed by atoms with Crippen molar-refractivity contribution in [3.63, 3.8) is 0 Å². The van der Waals surface area contributed by atoms with Gasteiger partial charge in [0.05, 0.1) is 17.6 Å². The lowest BCUT2D eigenvalue weighted by Gasteiger charge is -2.15. The van der Waals surface area contributed by atoms with Gasteiger partial charge in [0, 0.05) is 11.8 Å². The molecule has 0 amide bonds. The molecule has 0 aliphatic carbocycles. The highest BCUT2D eigenvalue weighted by Gasteiger charge is 2.12. The van der Waals surface area contributed by atoms with E-state index in [0.717, 1.165) is 35.4 Å². The standard InChI is InChI=1S/C21H22N2O/c1-3-16(17-7-5-4-6-8-17)12-19-13-22-14-20(23-19)18-9-10-21(24)15(2)11-18/h4-11,13-14,16,24H,3,12H2,1-2H3. The predicted octanol–water partition coefficient (Wildman–Crippen LogP) is 4.89. The van der Waals surface area contributed by atoms with Crippen molar-refractivity contribution in [2.45, 2.75) is 32.6 Å². The summed E-state index contributed by atoms with van der Waals surface area (Å²) >= 11 is 0. The van der Waals surface area contributed by atoms with Crippen molar-refractivity contribution in [2.24, 2.45) is 0 Å². The molecule has 3 nitrogen and oxygen atoms in total. The van der Waals surface area contributed by atoms with Gasteiger partial charge in [-0.25, -0.2) is 4.98 Å². The highest BCUT2D eigenvalue weighted by Crippen LogP contribution is 2.26. The summed E-state index contributed by atoms with van der Waals surface area (Å²) in [7, 11) is 0. The summed E-state index contributed by atoms with van der Waals surface area (Å²) in [6, 6.07) is 16.1. The van der Waals surface area contributed by atoms with Crippen LogP contribution >= 0.6 is 0 Å². The second-order valence-electron chi connectivity index (χ2n) is 6.12. The summed E-state index contributed by atoms with van der Waals surface area (Å²) < 4.78 is 0. The average molecular weight is 318 g/mol. The van der Waals surface area contributed by atoms with Crippen LogP contribution in [-0.2, 0) is 6.42 Å². The van der Waals surface area contributed by atoms with E-state index in [1.54, 1.807) is 12.3 Å². The van der Waals surface area contributed by atoms with Gasteiger partial charge in [0.15, 0.2) is 0 Å². The smallest absolute Gasteiger partial charge is 0.118 e. The molecule has 1 unspecified atom stereocenters. The van der Waals surface area contributed by atoms with Crippen molar-refractivity contribution in [1.82, 2.24) is 9.97 Å². The van der Waals surface area contributed by atoms with Crippen LogP contribution in [0.3, 0.4) is 0 Å². The van der Waals surface area contributed by atoms with Crippen molar-refractivity contribution >= 4 is 0 Å². The molecule has 1 atom stereocenters. The molecule has 24 heavy (non-hydrogen) atoms. The zero-order valence-corrected chi connectivity index (χ0v) is 14.1. The summed E-state index contributed by atoms with van der Waals surface area (Å²) in [5.41, 5.74) is 5.00. The third-order valence-electron chi connectivity index (χ3n) is 4.40. The average Bonchev–Trinajstić information content (AvgIpc) is 2.63. The molecule has 0 saturated heterocycles. The minimum Gasteiger partial charge on any atom is -0.508 e. The van der Waals surface area contributed by atoms with Gasteiger partial charge in [-0.1, -0.05) is 37.3 Å². The molecule has 1 N–H and O–H groups in total. The highest BCUT2D eigenvalue weighted by molar-refractivity contribution is 5.61. The highest BCUT2D eigenvalue weighted by atomic mass is 16.3. The normalized spacial score (nSPS) is 12.1. The molecule has 0 bridgehead atoms. The van der Waals surface area contributed by atoms with Gasteiger partial charge in [-0.15, -0.1) is 0 Å². The lowest BCUT2D eigenvalue weighted by Crippen LogP contribution is -2.04. The molecule has 3 rings (SSSR count). The fourth-order valence-corrected chi connectivity index (χ4v) is 2.93. The number of hydrogen-bond acceptors (Lipinski definition) is 3. The van der Waals surface area contributed by atoms with Gasteiger partial charge in [-0.05, 0) is 55.0 Å². The van der Waals surface area contributed by atoms with Gasteiger partial charge in [0.2, 0.25) is 0 Å². The number of aromatic hydroxyl groups is 1. The number of rotatable bonds is 5. The molecule has 0 saturated carbocycles. The van der Waals surface area contributed by atoms with E-state index >= 15 is 0 Å². The van der Waals surface area contributed by atoms with E-state index in [1.807, 2.05) is 31.3 Å². The maximum Gasteiger partial charge on any atom is 0.118 e. The van der Waals surface area contributed by atoms with Crippen LogP contribution < -0.4 is 0 Å². The first-order chi connectivity index (χ1) is 11.7. The van der Waals surface area contributed by atoms with Crippen LogP contribution in [0.1, 0.15) is 36.1 Å². The van der Waals surface area contributed by atoms with E-state index in [4.69, 9.17) is 4.98 Å². The molecule has 122 valence electrons. The minimum atomic E-state index is 0.304. The second-order valence-corrected chi connectivity index (χ2v) is 6.12. The van der Waals surface area contributed by atoms with Crippen LogP contribution in [0.4, 0.5) is 0 Å². The number of benzene rings is 2. The molecular weight excluding hydrogens is 296 g/mol. The molecule has 3 heteroatoms. The molecule has 0 spiro atoms. The van der Waals surface area contributed by atoms with E-state index in [0.29, 0.717) is 11.7 Å². The summed E-state index contributed by atoms with van der Waals surface area (Å²) in [6.45, 7) is 4.09. The van der Waals surface area contributed by atoms with E-state index < -0.39 is 0 Å². The van der Waals surface area contributed by atoms with E-state index in [2.05, 4.69) is 36.2 Å². The number of aromatic nitrogens is 2. The SMILES string of the molecule is CCC(Cc1cncc(-c2ccc(O)c(C)c2)n1)c1ccccc1. The molecule has 0 fully saturated rings.